The zero-order chi connectivity index (χ0) is 16.0. The summed E-state index contributed by atoms with van der Waals surface area (Å²) >= 11 is 0. The van der Waals surface area contributed by atoms with Gasteiger partial charge in [-0.25, -0.2) is 0 Å². The summed E-state index contributed by atoms with van der Waals surface area (Å²) in [7, 11) is 0. The number of hydrogen-bond donors (Lipinski definition) is 0. The Hall–Kier alpha value is -1.90. The normalized spacial score (nSPS) is 23.6. The van der Waals surface area contributed by atoms with Crippen LogP contribution in [0.25, 0.3) is 5.57 Å². The maximum absolute atomic E-state index is 5.96. The van der Waals surface area contributed by atoms with E-state index in [0.29, 0.717) is 0 Å². The lowest BCUT2D eigenvalue weighted by Crippen LogP contribution is -2.28. The third-order valence-electron chi connectivity index (χ3n) is 4.67. The van der Waals surface area contributed by atoms with Gasteiger partial charge in [0, 0.05) is 5.54 Å². The zero-order valence-electron chi connectivity index (χ0n) is 14.0. The van der Waals surface area contributed by atoms with Gasteiger partial charge in [0.2, 0.25) is 0 Å². The topological polar surface area (TPSA) is 15.5 Å². The third kappa shape index (κ3) is 2.62. The molecule has 0 aromatic heterocycles. The van der Waals surface area contributed by atoms with E-state index in [1.54, 1.807) is 0 Å². The van der Waals surface area contributed by atoms with Crippen LogP contribution in [0.4, 0.5) is 0 Å². The van der Waals surface area contributed by atoms with E-state index in [0.717, 1.165) is 12.8 Å². The van der Waals surface area contributed by atoms with Crippen LogP contribution in [-0.4, -0.2) is 16.8 Å². The summed E-state index contributed by atoms with van der Waals surface area (Å²) in [4.78, 5) is 5.96. The summed E-state index contributed by atoms with van der Waals surface area (Å²) in [6, 6.07) is 19.5. The van der Waals surface area contributed by atoms with Crippen LogP contribution in [0.3, 0.4) is 0 Å². The predicted molar refractivity (Wildman–Crippen MR) is 93.7 cm³/mol. The van der Waals surface area contributed by atoms with Crippen LogP contribution in [0, 0.1) is 0 Å². The molecule has 2 unspecified atom stereocenters. The molecule has 1 saturated heterocycles. The molecule has 1 heterocycles. The molecule has 1 fully saturated rings. The lowest BCUT2D eigenvalue weighted by Gasteiger charge is -2.24. The maximum Gasteiger partial charge on any atom is 0.177 e. The molecule has 0 amide bonds. The first-order chi connectivity index (χ1) is 11.1. The number of rotatable bonds is 2. The van der Waals surface area contributed by atoms with Gasteiger partial charge in [0.1, 0.15) is 0 Å². The smallest absolute Gasteiger partial charge is 0.177 e. The highest BCUT2D eigenvalue weighted by molar-refractivity contribution is 5.85. The summed E-state index contributed by atoms with van der Waals surface area (Å²) in [5, 5.41) is 2.12. The molecular formula is C21H23NO. The number of hydroxylamine groups is 2. The molecule has 2 heteroatoms. The average Bonchev–Trinajstić information content (AvgIpc) is 3.35. The van der Waals surface area contributed by atoms with E-state index in [9.17, 15) is 0 Å². The van der Waals surface area contributed by atoms with Crippen LogP contribution in [0.2, 0.25) is 0 Å². The second-order valence-electron chi connectivity index (χ2n) is 7.38. The molecule has 2 aromatic rings. The van der Waals surface area contributed by atoms with Crippen LogP contribution >= 0.6 is 0 Å². The summed E-state index contributed by atoms with van der Waals surface area (Å²) in [6.45, 7) is 6.60. The summed E-state index contributed by atoms with van der Waals surface area (Å²) in [5.74, 6) is 0. The minimum absolute atomic E-state index is 0.0381. The molecule has 0 bridgehead atoms. The molecule has 0 saturated carbocycles. The Kier molecular flexibility index (Phi) is 3.40. The van der Waals surface area contributed by atoms with Crippen molar-refractivity contribution >= 4 is 5.57 Å². The number of nitrogens with zero attached hydrogens (tertiary/aromatic N) is 1. The Balaban J connectivity index is 1.85. The highest BCUT2D eigenvalue weighted by Gasteiger charge is 2.48. The molecule has 2 aliphatic rings. The van der Waals surface area contributed by atoms with Gasteiger partial charge in [0.05, 0.1) is 0 Å². The van der Waals surface area contributed by atoms with Crippen molar-refractivity contribution in [2.45, 2.75) is 45.4 Å². The largest absolute Gasteiger partial charge is 0.270 e. The van der Waals surface area contributed by atoms with Crippen LogP contribution < -0.4 is 0 Å². The summed E-state index contributed by atoms with van der Waals surface area (Å²) < 4.78 is 0. The highest BCUT2D eigenvalue weighted by Crippen LogP contribution is 2.45. The van der Waals surface area contributed by atoms with Crippen molar-refractivity contribution in [3.63, 3.8) is 0 Å². The van der Waals surface area contributed by atoms with Crippen molar-refractivity contribution in [2.24, 2.45) is 0 Å². The van der Waals surface area contributed by atoms with Crippen LogP contribution in [0.5, 0.6) is 0 Å². The van der Waals surface area contributed by atoms with Gasteiger partial charge in [-0.15, -0.1) is 5.06 Å². The van der Waals surface area contributed by atoms with Gasteiger partial charge in [-0.1, -0.05) is 54.6 Å². The quantitative estimate of drug-likeness (QED) is 0.740. The number of benzene rings is 2. The van der Waals surface area contributed by atoms with Gasteiger partial charge >= 0.3 is 0 Å². The Labute approximate surface area is 138 Å². The molecule has 0 spiro atoms. The molecule has 1 aliphatic carbocycles. The Morgan fingerprint density at radius 2 is 1.61 bits per heavy atom. The van der Waals surface area contributed by atoms with E-state index in [1.807, 2.05) is 0 Å². The van der Waals surface area contributed by atoms with Crippen molar-refractivity contribution in [3.05, 3.63) is 76.9 Å². The van der Waals surface area contributed by atoms with Crippen molar-refractivity contribution in [1.82, 2.24) is 5.06 Å². The van der Waals surface area contributed by atoms with Crippen LogP contribution in [0.1, 0.15) is 43.9 Å². The number of hydrogen-bond acceptors (Lipinski definition) is 2. The fraction of sp³-hybridized carbons (Fsp3) is 0.333. The van der Waals surface area contributed by atoms with Crippen molar-refractivity contribution in [2.75, 3.05) is 0 Å². The first-order valence-electron chi connectivity index (χ1n) is 8.38. The summed E-state index contributed by atoms with van der Waals surface area (Å²) in [6.07, 6.45) is 2.29. The average molecular weight is 305 g/mol. The van der Waals surface area contributed by atoms with Crippen molar-refractivity contribution < 1.29 is 4.84 Å². The molecule has 1 aliphatic heterocycles. The van der Waals surface area contributed by atoms with Crippen molar-refractivity contribution in [3.8, 4) is 0 Å². The SMILES string of the molecule is CC(C)(C)N1OC1C1=C(c2ccccc2)c2ccccc2CC1. The van der Waals surface area contributed by atoms with Gasteiger partial charge in [0.15, 0.2) is 6.23 Å². The zero-order valence-corrected chi connectivity index (χ0v) is 14.0. The number of fused-ring (bicyclic) bond motifs is 1. The van der Waals surface area contributed by atoms with E-state index in [-0.39, 0.29) is 11.8 Å². The summed E-state index contributed by atoms with van der Waals surface area (Å²) in [5.41, 5.74) is 6.92. The lowest BCUT2D eigenvalue weighted by atomic mass is 9.81. The van der Waals surface area contributed by atoms with Crippen molar-refractivity contribution in [1.29, 1.82) is 0 Å². The Bertz CT molecular complexity index is 755. The first kappa shape index (κ1) is 14.7. The second kappa shape index (κ2) is 5.33. The molecule has 4 rings (SSSR count). The highest BCUT2D eigenvalue weighted by atomic mass is 16.8. The molecule has 2 atom stereocenters. The lowest BCUT2D eigenvalue weighted by molar-refractivity contribution is 0.101. The van der Waals surface area contributed by atoms with Crippen LogP contribution in [0.15, 0.2) is 60.2 Å². The molecule has 118 valence electrons. The predicted octanol–water partition coefficient (Wildman–Crippen LogP) is 4.81. The van der Waals surface area contributed by atoms with Gasteiger partial charge in [-0.3, -0.25) is 4.84 Å². The number of aryl methyl sites for hydroxylation is 1. The van der Waals surface area contributed by atoms with Gasteiger partial charge in [-0.05, 0) is 61.4 Å². The standard InChI is InChI=1S/C21H23NO/c1-21(2,3)22-20(23-22)18-14-13-15-9-7-8-12-17(15)19(18)16-10-5-4-6-11-16/h4-12,20H,13-14H2,1-3H3. The first-order valence-corrected chi connectivity index (χ1v) is 8.38. The molecule has 0 N–H and O–H groups in total. The molecule has 2 nitrogen and oxygen atoms in total. The van der Waals surface area contributed by atoms with E-state index in [4.69, 9.17) is 4.84 Å². The van der Waals surface area contributed by atoms with E-state index >= 15 is 0 Å². The van der Waals surface area contributed by atoms with Crippen LogP contribution in [-0.2, 0) is 11.3 Å². The van der Waals surface area contributed by atoms with E-state index < -0.39 is 0 Å². The second-order valence-corrected chi connectivity index (χ2v) is 7.38. The molecular weight excluding hydrogens is 282 g/mol. The molecule has 23 heavy (non-hydrogen) atoms. The third-order valence-corrected chi connectivity index (χ3v) is 4.67. The monoisotopic (exact) mass is 305 g/mol. The van der Waals surface area contributed by atoms with E-state index in [1.165, 1.54) is 27.8 Å². The molecule has 0 radical (unpaired) electrons. The minimum Gasteiger partial charge on any atom is -0.270 e. The fourth-order valence-electron chi connectivity index (χ4n) is 3.54. The van der Waals surface area contributed by atoms with Gasteiger partial charge < -0.3 is 0 Å². The Morgan fingerprint density at radius 1 is 0.913 bits per heavy atom. The van der Waals surface area contributed by atoms with Gasteiger partial charge in [-0.2, -0.15) is 0 Å². The van der Waals surface area contributed by atoms with E-state index in [2.05, 4.69) is 80.4 Å². The van der Waals surface area contributed by atoms with Gasteiger partial charge in [0.25, 0.3) is 0 Å². The fourth-order valence-corrected chi connectivity index (χ4v) is 3.54. The molecule has 2 aromatic carbocycles. The Morgan fingerprint density at radius 3 is 2.30 bits per heavy atom. The minimum atomic E-state index is 0.0381. The maximum atomic E-state index is 5.96.